The molecule has 0 spiro atoms. The quantitative estimate of drug-likeness (QED) is 0.565. The Morgan fingerprint density at radius 1 is 1.38 bits per heavy atom. The van der Waals surface area contributed by atoms with Crippen LogP contribution in [0.25, 0.3) is 0 Å². The molecular weight excluding hydrogens is 142 g/mol. The van der Waals surface area contributed by atoms with E-state index in [-0.39, 0.29) is 17.8 Å². The Balaban J connectivity index is 0.000000490. The van der Waals surface area contributed by atoms with Gasteiger partial charge in [0.05, 0.1) is 5.37 Å². The zero-order chi connectivity index (χ0) is 5.11. The lowest BCUT2D eigenvalue weighted by atomic mass is 10.5. The summed E-state index contributed by atoms with van der Waals surface area (Å²) in [6, 6.07) is 0. The predicted molar refractivity (Wildman–Crippen MR) is 41.1 cm³/mol. The van der Waals surface area contributed by atoms with Crippen molar-refractivity contribution in [1.82, 2.24) is 0 Å². The largest absolute Gasteiger partial charge is 0.316 e. The van der Waals surface area contributed by atoms with Crippen LogP contribution < -0.4 is 5.73 Å². The van der Waals surface area contributed by atoms with Gasteiger partial charge in [0, 0.05) is 0 Å². The second kappa shape index (κ2) is 4.01. The maximum Gasteiger partial charge on any atom is 0.0738 e. The summed E-state index contributed by atoms with van der Waals surface area (Å²) < 4.78 is 0. The maximum absolute atomic E-state index is 5.46. The lowest BCUT2D eigenvalue weighted by Crippen LogP contribution is -2.10. The van der Waals surface area contributed by atoms with Crippen molar-refractivity contribution in [2.45, 2.75) is 5.37 Å². The number of thioether (sulfide) groups is 1. The van der Waals surface area contributed by atoms with Crippen molar-refractivity contribution in [2.24, 2.45) is 5.73 Å². The molecule has 0 aromatic carbocycles. The molecule has 46 valence electrons. The Labute approximate surface area is 59.4 Å². The number of hydrogen-bond acceptors (Lipinski definition) is 2. The lowest BCUT2D eigenvalue weighted by molar-refractivity contribution is 1.16. The fourth-order valence-electron chi connectivity index (χ4n) is 0.400. The van der Waals surface area contributed by atoms with E-state index in [1.807, 2.05) is 23.6 Å². The fraction of sp³-hybridized carbons (Fsp3) is 0.200. The van der Waals surface area contributed by atoms with E-state index in [1.165, 1.54) is 0 Å². The number of hydrogen-bond donors (Lipinski definition) is 1. The van der Waals surface area contributed by atoms with Crippen LogP contribution in [0.2, 0.25) is 0 Å². The van der Waals surface area contributed by atoms with Crippen LogP contribution in [0.3, 0.4) is 0 Å². The van der Waals surface area contributed by atoms with Gasteiger partial charge in [-0.05, 0) is 5.41 Å². The molecule has 1 heterocycles. The predicted octanol–water partition coefficient (Wildman–Crippen LogP) is 1.51. The summed E-state index contributed by atoms with van der Waals surface area (Å²) in [5.74, 6) is 0. The van der Waals surface area contributed by atoms with E-state index in [0.29, 0.717) is 0 Å². The van der Waals surface area contributed by atoms with E-state index in [4.69, 9.17) is 5.73 Å². The molecular formula is C5H8ClNS. The van der Waals surface area contributed by atoms with E-state index in [0.717, 1.165) is 0 Å². The number of halogens is 1. The van der Waals surface area contributed by atoms with E-state index >= 15 is 0 Å². The van der Waals surface area contributed by atoms with Crippen LogP contribution >= 0.6 is 24.2 Å². The van der Waals surface area contributed by atoms with Crippen molar-refractivity contribution in [3.63, 3.8) is 0 Å². The number of allylic oxidation sites excluding steroid dienone is 2. The monoisotopic (exact) mass is 149 g/mol. The van der Waals surface area contributed by atoms with Gasteiger partial charge < -0.3 is 5.73 Å². The van der Waals surface area contributed by atoms with E-state index in [2.05, 4.69) is 0 Å². The Morgan fingerprint density at radius 3 is 2.38 bits per heavy atom. The van der Waals surface area contributed by atoms with Crippen molar-refractivity contribution in [1.29, 1.82) is 0 Å². The lowest BCUT2D eigenvalue weighted by Gasteiger charge is -2.02. The molecule has 2 N–H and O–H groups in total. The summed E-state index contributed by atoms with van der Waals surface area (Å²) in [6.07, 6.45) is 5.90. The molecule has 1 aliphatic heterocycles. The molecule has 1 unspecified atom stereocenters. The summed E-state index contributed by atoms with van der Waals surface area (Å²) in [5.41, 5.74) is 5.46. The van der Waals surface area contributed by atoms with Gasteiger partial charge in [-0.1, -0.05) is 18.2 Å². The van der Waals surface area contributed by atoms with Crippen LogP contribution in [0, 0.1) is 0 Å². The molecule has 0 radical (unpaired) electrons. The Kier molecular flexibility index (Phi) is 4.05. The van der Waals surface area contributed by atoms with Crippen LogP contribution in [-0.2, 0) is 0 Å². The minimum absolute atomic E-state index is 0. The second-order valence-corrected chi connectivity index (χ2v) is 2.40. The van der Waals surface area contributed by atoms with Gasteiger partial charge in [-0.2, -0.15) is 0 Å². The molecule has 0 saturated carbocycles. The van der Waals surface area contributed by atoms with Crippen LogP contribution in [-0.4, -0.2) is 5.37 Å². The smallest absolute Gasteiger partial charge is 0.0738 e. The molecule has 0 aliphatic carbocycles. The molecule has 0 amide bonds. The summed E-state index contributed by atoms with van der Waals surface area (Å²) in [4.78, 5) is 0. The third kappa shape index (κ3) is 2.40. The van der Waals surface area contributed by atoms with E-state index in [1.54, 1.807) is 11.8 Å². The SMILES string of the molecule is Cl.NC1C=CC=CS1. The van der Waals surface area contributed by atoms with Crippen LogP contribution in [0.15, 0.2) is 23.6 Å². The van der Waals surface area contributed by atoms with Crippen LogP contribution in [0.4, 0.5) is 0 Å². The molecule has 1 rings (SSSR count). The Bertz CT molecular complexity index is 111. The van der Waals surface area contributed by atoms with Crippen molar-refractivity contribution in [3.8, 4) is 0 Å². The van der Waals surface area contributed by atoms with Gasteiger partial charge in [0.1, 0.15) is 0 Å². The topological polar surface area (TPSA) is 26.0 Å². The zero-order valence-electron chi connectivity index (χ0n) is 4.28. The average molecular weight is 150 g/mol. The highest BCUT2D eigenvalue weighted by Gasteiger charge is 1.93. The molecule has 0 aromatic rings. The van der Waals surface area contributed by atoms with Crippen LogP contribution in [0.1, 0.15) is 0 Å². The van der Waals surface area contributed by atoms with Gasteiger partial charge >= 0.3 is 0 Å². The third-order valence-electron chi connectivity index (χ3n) is 0.726. The molecule has 0 bridgehead atoms. The second-order valence-electron chi connectivity index (χ2n) is 1.31. The first kappa shape index (κ1) is 8.08. The zero-order valence-corrected chi connectivity index (χ0v) is 5.91. The molecule has 0 aromatic heterocycles. The first-order valence-electron chi connectivity index (χ1n) is 2.14. The van der Waals surface area contributed by atoms with Crippen molar-refractivity contribution in [2.75, 3.05) is 0 Å². The molecule has 1 atom stereocenters. The first-order valence-corrected chi connectivity index (χ1v) is 3.08. The van der Waals surface area contributed by atoms with E-state index in [9.17, 15) is 0 Å². The van der Waals surface area contributed by atoms with Gasteiger partial charge in [0.25, 0.3) is 0 Å². The van der Waals surface area contributed by atoms with Crippen molar-refractivity contribution < 1.29 is 0 Å². The minimum Gasteiger partial charge on any atom is -0.316 e. The minimum atomic E-state index is 0. The summed E-state index contributed by atoms with van der Waals surface area (Å²) in [5, 5.41) is 2.18. The fourth-order valence-corrected chi connectivity index (χ4v) is 0.945. The van der Waals surface area contributed by atoms with Gasteiger partial charge in [0.15, 0.2) is 0 Å². The van der Waals surface area contributed by atoms with Gasteiger partial charge in [-0.15, -0.1) is 24.2 Å². The highest BCUT2D eigenvalue weighted by molar-refractivity contribution is 8.02. The van der Waals surface area contributed by atoms with Crippen LogP contribution in [0.5, 0.6) is 0 Å². The third-order valence-corrected chi connectivity index (χ3v) is 1.51. The highest BCUT2D eigenvalue weighted by Crippen LogP contribution is 2.11. The Hall–Kier alpha value is 0.0800. The molecule has 1 nitrogen and oxygen atoms in total. The number of rotatable bonds is 0. The van der Waals surface area contributed by atoms with E-state index < -0.39 is 0 Å². The summed E-state index contributed by atoms with van der Waals surface area (Å²) in [6.45, 7) is 0. The standard InChI is InChI=1S/C5H7NS.ClH/c6-5-3-1-2-4-7-5;/h1-5H,6H2;1H. The summed E-state index contributed by atoms with van der Waals surface area (Å²) >= 11 is 1.63. The normalized spacial score (nSPS) is 24.9. The van der Waals surface area contributed by atoms with Gasteiger partial charge in [-0.3, -0.25) is 0 Å². The van der Waals surface area contributed by atoms with Gasteiger partial charge in [-0.25, -0.2) is 0 Å². The molecule has 8 heavy (non-hydrogen) atoms. The number of nitrogens with two attached hydrogens (primary N) is 1. The maximum atomic E-state index is 5.46. The molecule has 0 saturated heterocycles. The van der Waals surface area contributed by atoms with Crippen molar-refractivity contribution in [3.05, 3.63) is 23.6 Å². The Morgan fingerprint density at radius 2 is 2.12 bits per heavy atom. The summed E-state index contributed by atoms with van der Waals surface area (Å²) in [7, 11) is 0. The molecule has 1 aliphatic rings. The molecule has 3 heteroatoms. The average Bonchev–Trinajstić information content (AvgIpc) is 1.69. The van der Waals surface area contributed by atoms with Crippen molar-refractivity contribution >= 4 is 24.2 Å². The van der Waals surface area contributed by atoms with Gasteiger partial charge in [0.2, 0.25) is 0 Å². The molecule has 0 fully saturated rings. The first-order chi connectivity index (χ1) is 3.39. The highest BCUT2D eigenvalue weighted by atomic mass is 35.5.